The van der Waals surface area contributed by atoms with E-state index in [2.05, 4.69) is 4.74 Å². The molecule has 0 aliphatic rings. The van der Waals surface area contributed by atoms with E-state index in [1.165, 1.54) is 19.2 Å². The molecule has 14 heavy (non-hydrogen) atoms. The monoisotopic (exact) mass is 193 g/mol. The smallest absolute Gasteiger partial charge is 0.309 e. The van der Waals surface area contributed by atoms with Gasteiger partial charge in [-0.2, -0.15) is 5.26 Å². The number of carbonyl (C=O) groups excluding carboxylic acids is 1. The maximum atomic E-state index is 12.9. The van der Waals surface area contributed by atoms with Crippen molar-refractivity contribution in [1.29, 1.82) is 5.26 Å². The van der Waals surface area contributed by atoms with E-state index in [4.69, 9.17) is 5.26 Å². The zero-order valence-electron chi connectivity index (χ0n) is 7.58. The highest BCUT2D eigenvalue weighted by Gasteiger charge is 2.05. The molecule has 0 saturated carbocycles. The summed E-state index contributed by atoms with van der Waals surface area (Å²) in [6.07, 6.45) is -0.0249. The Morgan fingerprint density at radius 2 is 2.29 bits per heavy atom. The van der Waals surface area contributed by atoms with Crippen LogP contribution >= 0.6 is 0 Å². The molecule has 0 amide bonds. The van der Waals surface area contributed by atoms with Gasteiger partial charge in [0.15, 0.2) is 0 Å². The molecule has 72 valence electrons. The molecule has 0 aromatic heterocycles. The summed E-state index contributed by atoms with van der Waals surface area (Å²) >= 11 is 0. The van der Waals surface area contributed by atoms with Crippen LogP contribution in [0.2, 0.25) is 0 Å². The Balaban J connectivity index is 2.93. The number of hydrogen-bond donors (Lipinski definition) is 0. The average molecular weight is 193 g/mol. The molecule has 0 aliphatic carbocycles. The molecule has 0 fully saturated rings. The minimum absolute atomic E-state index is 0.0249. The molecule has 0 aliphatic heterocycles. The van der Waals surface area contributed by atoms with E-state index in [0.29, 0.717) is 5.56 Å². The van der Waals surface area contributed by atoms with Crippen molar-refractivity contribution in [3.05, 3.63) is 35.1 Å². The Hall–Kier alpha value is -1.89. The summed E-state index contributed by atoms with van der Waals surface area (Å²) in [6.45, 7) is 0. The maximum Gasteiger partial charge on any atom is 0.309 e. The van der Waals surface area contributed by atoms with Gasteiger partial charge in [0.2, 0.25) is 0 Å². The van der Waals surface area contributed by atoms with Crippen LogP contribution in [0, 0.1) is 17.1 Å². The molecule has 0 unspecified atom stereocenters. The summed E-state index contributed by atoms with van der Waals surface area (Å²) in [5, 5.41) is 8.54. The van der Waals surface area contributed by atoms with Crippen LogP contribution in [-0.2, 0) is 16.0 Å². The van der Waals surface area contributed by atoms with Crippen LogP contribution in [0.5, 0.6) is 0 Å². The van der Waals surface area contributed by atoms with Crippen LogP contribution in [0.3, 0.4) is 0 Å². The summed E-state index contributed by atoms with van der Waals surface area (Å²) in [5.41, 5.74) is 0.636. The van der Waals surface area contributed by atoms with Crippen molar-refractivity contribution >= 4 is 5.97 Å². The van der Waals surface area contributed by atoms with Crippen molar-refractivity contribution in [2.75, 3.05) is 7.11 Å². The van der Waals surface area contributed by atoms with E-state index in [0.717, 1.165) is 6.07 Å². The van der Waals surface area contributed by atoms with E-state index in [-0.39, 0.29) is 12.0 Å². The van der Waals surface area contributed by atoms with Gasteiger partial charge in [-0.15, -0.1) is 0 Å². The Morgan fingerprint density at radius 3 is 2.86 bits per heavy atom. The highest BCUT2D eigenvalue weighted by molar-refractivity contribution is 5.72. The van der Waals surface area contributed by atoms with Crippen LogP contribution in [-0.4, -0.2) is 13.1 Å². The fourth-order valence-electron chi connectivity index (χ4n) is 1.06. The van der Waals surface area contributed by atoms with Crippen LogP contribution < -0.4 is 0 Å². The molecular formula is C10H8FNO2. The van der Waals surface area contributed by atoms with Crippen molar-refractivity contribution < 1.29 is 13.9 Å². The standard InChI is InChI=1S/C10H8FNO2/c1-14-10(13)5-7-2-8(6-12)4-9(11)3-7/h2-4H,5H2,1H3. The van der Waals surface area contributed by atoms with Crippen molar-refractivity contribution in [2.24, 2.45) is 0 Å². The van der Waals surface area contributed by atoms with E-state index in [9.17, 15) is 9.18 Å². The molecule has 3 nitrogen and oxygen atoms in total. The fraction of sp³-hybridized carbons (Fsp3) is 0.200. The summed E-state index contributed by atoms with van der Waals surface area (Å²) < 4.78 is 17.3. The number of ether oxygens (including phenoxy) is 1. The summed E-state index contributed by atoms with van der Waals surface area (Å²) in [4.78, 5) is 10.9. The molecule has 0 N–H and O–H groups in total. The number of esters is 1. The summed E-state index contributed by atoms with van der Waals surface area (Å²) in [7, 11) is 1.26. The van der Waals surface area contributed by atoms with Gasteiger partial charge in [0.05, 0.1) is 25.2 Å². The second-order valence-electron chi connectivity index (χ2n) is 2.71. The molecule has 0 bridgehead atoms. The largest absolute Gasteiger partial charge is 0.469 e. The number of carbonyl (C=O) groups is 1. The van der Waals surface area contributed by atoms with Gasteiger partial charge in [-0.05, 0) is 23.8 Å². The summed E-state index contributed by atoms with van der Waals surface area (Å²) in [5.74, 6) is -0.984. The molecule has 1 aromatic carbocycles. The lowest BCUT2D eigenvalue weighted by Gasteiger charge is -2.00. The Kier molecular flexibility index (Phi) is 3.19. The third kappa shape index (κ3) is 2.56. The number of nitrogens with zero attached hydrogens (tertiary/aromatic N) is 1. The lowest BCUT2D eigenvalue weighted by Crippen LogP contribution is -2.04. The van der Waals surface area contributed by atoms with Gasteiger partial charge in [-0.3, -0.25) is 4.79 Å². The van der Waals surface area contributed by atoms with Gasteiger partial charge in [-0.25, -0.2) is 4.39 Å². The molecule has 1 aromatic rings. The van der Waals surface area contributed by atoms with Gasteiger partial charge < -0.3 is 4.74 Å². The topological polar surface area (TPSA) is 50.1 Å². The lowest BCUT2D eigenvalue weighted by molar-refractivity contribution is -0.139. The molecular weight excluding hydrogens is 185 g/mol. The Bertz CT molecular complexity index is 396. The highest BCUT2D eigenvalue weighted by Crippen LogP contribution is 2.09. The van der Waals surface area contributed by atoms with Crippen molar-refractivity contribution in [1.82, 2.24) is 0 Å². The van der Waals surface area contributed by atoms with Gasteiger partial charge in [0.1, 0.15) is 5.82 Å². The predicted octanol–water partition coefficient (Wildman–Crippen LogP) is 1.41. The molecule has 0 atom stereocenters. The fourth-order valence-corrected chi connectivity index (χ4v) is 1.06. The molecule has 0 saturated heterocycles. The lowest BCUT2D eigenvalue weighted by atomic mass is 10.1. The SMILES string of the molecule is COC(=O)Cc1cc(F)cc(C#N)c1. The minimum Gasteiger partial charge on any atom is -0.469 e. The van der Waals surface area contributed by atoms with E-state index in [1.54, 1.807) is 0 Å². The highest BCUT2D eigenvalue weighted by atomic mass is 19.1. The number of rotatable bonds is 2. The third-order valence-corrected chi connectivity index (χ3v) is 1.66. The number of benzene rings is 1. The molecule has 4 heteroatoms. The molecule has 0 spiro atoms. The van der Waals surface area contributed by atoms with E-state index < -0.39 is 11.8 Å². The first-order chi connectivity index (χ1) is 6.65. The second-order valence-corrected chi connectivity index (χ2v) is 2.71. The van der Waals surface area contributed by atoms with Crippen LogP contribution in [0.4, 0.5) is 4.39 Å². The molecule has 0 radical (unpaired) electrons. The molecule has 0 heterocycles. The Morgan fingerprint density at radius 1 is 1.57 bits per heavy atom. The van der Waals surface area contributed by atoms with Crippen molar-refractivity contribution in [2.45, 2.75) is 6.42 Å². The van der Waals surface area contributed by atoms with Gasteiger partial charge in [-0.1, -0.05) is 0 Å². The number of methoxy groups -OCH3 is 1. The van der Waals surface area contributed by atoms with Crippen molar-refractivity contribution in [3.63, 3.8) is 0 Å². The van der Waals surface area contributed by atoms with Gasteiger partial charge >= 0.3 is 5.97 Å². The zero-order valence-corrected chi connectivity index (χ0v) is 7.58. The second kappa shape index (κ2) is 4.38. The number of halogens is 1. The van der Waals surface area contributed by atoms with Crippen LogP contribution in [0.25, 0.3) is 0 Å². The average Bonchev–Trinajstić information content (AvgIpc) is 2.16. The van der Waals surface area contributed by atoms with Crippen LogP contribution in [0.15, 0.2) is 18.2 Å². The minimum atomic E-state index is -0.525. The van der Waals surface area contributed by atoms with E-state index >= 15 is 0 Å². The number of nitriles is 1. The van der Waals surface area contributed by atoms with E-state index in [1.807, 2.05) is 6.07 Å². The molecule has 1 rings (SSSR count). The zero-order chi connectivity index (χ0) is 10.6. The quantitative estimate of drug-likeness (QED) is 0.667. The first-order valence-corrected chi connectivity index (χ1v) is 3.92. The van der Waals surface area contributed by atoms with Gasteiger partial charge in [0, 0.05) is 0 Å². The first kappa shape index (κ1) is 10.2. The third-order valence-electron chi connectivity index (χ3n) is 1.66. The first-order valence-electron chi connectivity index (χ1n) is 3.92. The van der Waals surface area contributed by atoms with Crippen LogP contribution in [0.1, 0.15) is 11.1 Å². The summed E-state index contributed by atoms with van der Waals surface area (Å²) in [6, 6.07) is 5.58. The van der Waals surface area contributed by atoms with Crippen molar-refractivity contribution in [3.8, 4) is 6.07 Å². The predicted molar refractivity (Wildman–Crippen MR) is 46.8 cm³/mol. The normalized spacial score (nSPS) is 9.21. The maximum absolute atomic E-state index is 12.9. The number of hydrogen-bond acceptors (Lipinski definition) is 3. The van der Waals surface area contributed by atoms with Gasteiger partial charge in [0.25, 0.3) is 0 Å². The Labute approximate surface area is 80.7 Å².